The molecule has 0 radical (unpaired) electrons. The standard InChI is InChI=1S/C18H28N2O3.2ClH/c19-9-5-14-1-3-15(4-2-14)13-20-10-7-18(8-11-20)17(22)16(21)6-12-23-18;;/h1-4,16-17,21-22H,5-13,19H2;2*1H/t16-,17-;;/m0../s1. The van der Waals surface area contributed by atoms with Crippen LogP contribution in [0.1, 0.15) is 30.4 Å². The third-order valence-corrected chi connectivity index (χ3v) is 5.27. The molecule has 2 fully saturated rings. The number of ether oxygens (including phenoxy) is 1. The van der Waals surface area contributed by atoms with E-state index in [0.29, 0.717) is 19.6 Å². The van der Waals surface area contributed by atoms with Gasteiger partial charge in [-0.2, -0.15) is 0 Å². The third-order valence-electron chi connectivity index (χ3n) is 5.27. The minimum Gasteiger partial charge on any atom is -0.390 e. The number of halogens is 2. The van der Waals surface area contributed by atoms with E-state index in [1.54, 1.807) is 0 Å². The fourth-order valence-corrected chi connectivity index (χ4v) is 3.74. The summed E-state index contributed by atoms with van der Waals surface area (Å²) in [5.74, 6) is 0. The van der Waals surface area contributed by atoms with Gasteiger partial charge in [0.25, 0.3) is 0 Å². The highest BCUT2D eigenvalue weighted by atomic mass is 35.5. The molecule has 0 amide bonds. The van der Waals surface area contributed by atoms with Crippen LogP contribution in [0.5, 0.6) is 0 Å². The smallest absolute Gasteiger partial charge is 0.109 e. The van der Waals surface area contributed by atoms with Gasteiger partial charge in [-0.1, -0.05) is 24.3 Å². The SMILES string of the molecule is Cl.Cl.NCCc1ccc(CN2CCC3(CC2)OCC[C@H](O)[C@@H]3O)cc1. The fourth-order valence-electron chi connectivity index (χ4n) is 3.74. The van der Waals surface area contributed by atoms with E-state index in [0.717, 1.165) is 38.9 Å². The zero-order valence-electron chi connectivity index (χ0n) is 14.5. The fraction of sp³-hybridized carbons (Fsp3) is 0.667. The van der Waals surface area contributed by atoms with Gasteiger partial charge in [-0.25, -0.2) is 0 Å². The maximum Gasteiger partial charge on any atom is 0.109 e. The Bertz CT molecular complexity index is 508. The molecule has 0 unspecified atom stereocenters. The van der Waals surface area contributed by atoms with Gasteiger partial charge in [-0.3, -0.25) is 4.90 Å². The molecule has 2 aliphatic rings. The number of nitrogens with two attached hydrogens (primary N) is 1. The van der Waals surface area contributed by atoms with Crippen molar-refractivity contribution in [3.63, 3.8) is 0 Å². The maximum atomic E-state index is 10.3. The first-order valence-electron chi connectivity index (χ1n) is 8.63. The predicted octanol–water partition coefficient (Wildman–Crippen LogP) is 1.51. The van der Waals surface area contributed by atoms with Gasteiger partial charge < -0.3 is 20.7 Å². The highest BCUT2D eigenvalue weighted by Crippen LogP contribution is 2.35. The zero-order chi connectivity index (χ0) is 16.3. The van der Waals surface area contributed by atoms with E-state index in [-0.39, 0.29) is 24.8 Å². The highest BCUT2D eigenvalue weighted by molar-refractivity contribution is 5.85. The second kappa shape index (κ2) is 10.1. The van der Waals surface area contributed by atoms with Crippen LogP contribution in [0.3, 0.4) is 0 Å². The van der Waals surface area contributed by atoms with Crippen molar-refractivity contribution in [1.82, 2.24) is 4.90 Å². The Morgan fingerprint density at radius 2 is 1.68 bits per heavy atom. The van der Waals surface area contributed by atoms with Crippen LogP contribution in [0, 0.1) is 0 Å². The Hall–Kier alpha value is -0.400. The molecule has 0 aliphatic carbocycles. The van der Waals surface area contributed by atoms with Crippen molar-refractivity contribution in [1.29, 1.82) is 0 Å². The van der Waals surface area contributed by atoms with E-state index >= 15 is 0 Å². The molecule has 4 N–H and O–H groups in total. The van der Waals surface area contributed by atoms with E-state index in [9.17, 15) is 10.2 Å². The number of aliphatic hydroxyl groups excluding tert-OH is 2. The molecular weight excluding hydrogens is 363 g/mol. The van der Waals surface area contributed by atoms with Crippen molar-refractivity contribution < 1.29 is 14.9 Å². The van der Waals surface area contributed by atoms with Gasteiger partial charge in [-0.15, -0.1) is 24.8 Å². The first kappa shape index (κ1) is 22.6. The maximum absolute atomic E-state index is 10.3. The molecule has 3 rings (SSSR count). The zero-order valence-corrected chi connectivity index (χ0v) is 16.1. The Labute approximate surface area is 162 Å². The van der Waals surface area contributed by atoms with Gasteiger partial charge >= 0.3 is 0 Å². The predicted molar refractivity (Wildman–Crippen MR) is 104 cm³/mol. The quantitative estimate of drug-likeness (QED) is 0.723. The van der Waals surface area contributed by atoms with Gasteiger partial charge in [0.15, 0.2) is 0 Å². The number of rotatable bonds is 4. The summed E-state index contributed by atoms with van der Waals surface area (Å²) in [5, 5.41) is 20.2. The van der Waals surface area contributed by atoms with Gasteiger partial charge in [0, 0.05) is 19.6 Å². The van der Waals surface area contributed by atoms with Crippen LogP contribution >= 0.6 is 24.8 Å². The number of nitrogens with zero attached hydrogens (tertiary/aromatic N) is 1. The van der Waals surface area contributed by atoms with Crippen LogP contribution < -0.4 is 5.73 Å². The van der Waals surface area contributed by atoms with Crippen LogP contribution in [0.25, 0.3) is 0 Å². The Kier molecular flexibility index (Phi) is 9.12. The lowest BCUT2D eigenvalue weighted by molar-refractivity contribution is -0.214. The lowest BCUT2D eigenvalue weighted by atomic mass is 9.80. The first-order valence-corrected chi connectivity index (χ1v) is 8.63. The van der Waals surface area contributed by atoms with E-state index in [1.807, 2.05) is 0 Å². The summed E-state index contributed by atoms with van der Waals surface area (Å²) >= 11 is 0. The van der Waals surface area contributed by atoms with Gasteiger partial charge in [-0.05, 0) is 43.4 Å². The van der Waals surface area contributed by atoms with Gasteiger partial charge in [0.05, 0.1) is 18.3 Å². The van der Waals surface area contributed by atoms with Crippen LogP contribution in [-0.4, -0.2) is 59.2 Å². The van der Waals surface area contributed by atoms with Crippen LogP contribution in [0.4, 0.5) is 0 Å². The van der Waals surface area contributed by atoms with E-state index in [1.165, 1.54) is 11.1 Å². The van der Waals surface area contributed by atoms with Crippen molar-refractivity contribution in [2.45, 2.75) is 50.0 Å². The van der Waals surface area contributed by atoms with Crippen molar-refractivity contribution in [3.8, 4) is 0 Å². The van der Waals surface area contributed by atoms with Gasteiger partial charge in [0.2, 0.25) is 0 Å². The van der Waals surface area contributed by atoms with E-state index in [4.69, 9.17) is 10.5 Å². The molecule has 7 heteroatoms. The number of benzene rings is 1. The molecule has 5 nitrogen and oxygen atoms in total. The summed E-state index contributed by atoms with van der Waals surface area (Å²) in [6.45, 7) is 3.91. The number of likely N-dealkylation sites (tertiary alicyclic amines) is 1. The van der Waals surface area contributed by atoms with Gasteiger partial charge in [0.1, 0.15) is 6.10 Å². The van der Waals surface area contributed by atoms with Crippen LogP contribution in [-0.2, 0) is 17.7 Å². The number of hydrogen-bond donors (Lipinski definition) is 3. The average Bonchev–Trinajstić information content (AvgIpc) is 2.57. The molecule has 2 saturated heterocycles. The average molecular weight is 393 g/mol. The van der Waals surface area contributed by atoms with E-state index < -0.39 is 17.8 Å². The molecule has 1 spiro atoms. The highest BCUT2D eigenvalue weighted by Gasteiger charge is 2.47. The third kappa shape index (κ3) is 5.30. The summed E-state index contributed by atoms with van der Waals surface area (Å²) in [4.78, 5) is 2.39. The molecule has 0 saturated carbocycles. The molecule has 144 valence electrons. The molecule has 1 aromatic carbocycles. The molecular formula is C18H30Cl2N2O3. The molecule has 0 aromatic heterocycles. The van der Waals surface area contributed by atoms with E-state index in [2.05, 4.69) is 29.2 Å². The number of piperidine rings is 1. The largest absolute Gasteiger partial charge is 0.390 e. The Morgan fingerprint density at radius 3 is 2.28 bits per heavy atom. The Balaban J connectivity index is 0.00000156. The summed E-state index contributed by atoms with van der Waals surface area (Å²) in [6, 6.07) is 8.64. The van der Waals surface area contributed by atoms with Crippen molar-refractivity contribution >= 4 is 24.8 Å². The summed E-state index contributed by atoms with van der Waals surface area (Å²) in [5.41, 5.74) is 7.61. The van der Waals surface area contributed by atoms with Crippen molar-refractivity contribution in [2.24, 2.45) is 5.73 Å². The summed E-state index contributed by atoms with van der Waals surface area (Å²) in [7, 11) is 0. The lowest BCUT2D eigenvalue weighted by Crippen LogP contribution is -2.59. The van der Waals surface area contributed by atoms with Crippen molar-refractivity contribution in [3.05, 3.63) is 35.4 Å². The second-order valence-electron chi connectivity index (χ2n) is 6.85. The molecule has 0 bridgehead atoms. The first-order chi connectivity index (χ1) is 11.1. The summed E-state index contributed by atoms with van der Waals surface area (Å²) < 4.78 is 5.88. The monoisotopic (exact) mass is 392 g/mol. The molecule has 1 aromatic rings. The topological polar surface area (TPSA) is 79.0 Å². The summed E-state index contributed by atoms with van der Waals surface area (Å²) in [6.07, 6.45) is 1.60. The molecule has 2 atom stereocenters. The number of hydrogen-bond acceptors (Lipinski definition) is 5. The van der Waals surface area contributed by atoms with Crippen LogP contribution in [0.15, 0.2) is 24.3 Å². The minimum atomic E-state index is -0.756. The lowest BCUT2D eigenvalue weighted by Gasteiger charge is -2.48. The Morgan fingerprint density at radius 1 is 1.08 bits per heavy atom. The normalized spacial score (nSPS) is 25.9. The minimum absolute atomic E-state index is 0. The number of aliphatic hydroxyl groups is 2. The van der Waals surface area contributed by atoms with Crippen molar-refractivity contribution in [2.75, 3.05) is 26.2 Å². The molecule has 25 heavy (non-hydrogen) atoms. The molecule has 2 aliphatic heterocycles. The second-order valence-corrected chi connectivity index (χ2v) is 6.85. The molecule has 2 heterocycles. The van der Waals surface area contributed by atoms with Crippen LogP contribution in [0.2, 0.25) is 0 Å².